The predicted molar refractivity (Wildman–Crippen MR) is 80.9 cm³/mol. The first-order chi connectivity index (χ1) is 10.6. The Morgan fingerprint density at radius 3 is 2.55 bits per heavy atom. The lowest BCUT2D eigenvalue weighted by Gasteiger charge is -2.16. The van der Waals surface area contributed by atoms with E-state index in [1.54, 1.807) is 4.90 Å². The topological polar surface area (TPSA) is 70.5 Å². The van der Waals surface area contributed by atoms with Crippen molar-refractivity contribution in [2.75, 3.05) is 13.1 Å². The minimum atomic E-state index is -1.09. The van der Waals surface area contributed by atoms with Gasteiger partial charge in [0.1, 0.15) is 5.69 Å². The van der Waals surface area contributed by atoms with E-state index in [0.717, 1.165) is 6.42 Å². The van der Waals surface area contributed by atoms with Crippen LogP contribution in [-0.4, -0.2) is 40.0 Å². The van der Waals surface area contributed by atoms with Crippen molar-refractivity contribution in [3.8, 4) is 0 Å². The molecule has 1 aromatic heterocycles. The van der Waals surface area contributed by atoms with Crippen molar-refractivity contribution in [3.05, 3.63) is 65.5 Å². The van der Waals surface area contributed by atoms with E-state index < -0.39 is 5.97 Å². The van der Waals surface area contributed by atoms with Crippen molar-refractivity contribution < 1.29 is 14.7 Å². The van der Waals surface area contributed by atoms with E-state index in [-0.39, 0.29) is 11.6 Å². The molecule has 1 fully saturated rings. The van der Waals surface area contributed by atoms with Gasteiger partial charge in [0.15, 0.2) is 0 Å². The van der Waals surface area contributed by atoms with Crippen LogP contribution in [0.1, 0.15) is 38.7 Å². The first kappa shape index (κ1) is 14.3. The van der Waals surface area contributed by atoms with Crippen LogP contribution < -0.4 is 0 Å². The van der Waals surface area contributed by atoms with Crippen molar-refractivity contribution in [1.29, 1.82) is 0 Å². The van der Waals surface area contributed by atoms with Gasteiger partial charge in [-0.15, -0.1) is 0 Å². The average molecular weight is 296 g/mol. The number of carboxylic acid groups (broad SMARTS) is 1. The summed E-state index contributed by atoms with van der Waals surface area (Å²) in [6.45, 7) is 1.39. The number of likely N-dealkylation sites (tertiary alicyclic amines) is 1. The number of aromatic nitrogens is 1. The third kappa shape index (κ3) is 2.83. The maximum absolute atomic E-state index is 12.4. The van der Waals surface area contributed by atoms with Crippen LogP contribution in [0.3, 0.4) is 0 Å². The van der Waals surface area contributed by atoms with E-state index in [1.165, 1.54) is 23.9 Å². The maximum atomic E-state index is 12.4. The Balaban J connectivity index is 1.70. The third-order valence-electron chi connectivity index (χ3n) is 3.98. The van der Waals surface area contributed by atoms with Crippen LogP contribution in [0.5, 0.6) is 0 Å². The lowest BCUT2D eigenvalue weighted by molar-refractivity contribution is 0.0688. The molecule has 1 amide bonds. The Morgan fingerprint density at radius 2 is 1.91 bits per heavy atom. The van der Waals surface area contributed by atoms with Crippen LogP contribution >= 0.6 is 0 Å². The van der Waals surface area contributed by atoms with Gasteiger partial charge in [-0.25, -0.2) is 9.78 Å². The van der Waals surface area contributed by atoms with Crippen LogP contribution in [0.25, 0.3) is 0 Å². The Morgan fingerprint density at radius 1 is 1.14 bits per heavy atom. The van der Waals surface area contributed by atoms with Crippen molar-refractivity contribution >= 4 is 11.9 Å². The number of carbonyl (C=O) groups excluding carboxylic acids is 1. The molecule has 0 unspecified atom stereocenters. The normalized spacial score (nSPS) is 17.5. The van der Waals surface area contributed by atoms with Crippen LogP contribution in [0, 0.1) is 0 Å². The third-order valence-corrected chi connectivity index (χ3v) is 3.98. The molecule has 5 nitrogen and oxygen atoms in total. The molecule has 1 aliphatic heterocycles. The molecule has 0 bridgehead atoms. The van der Waals surface area contributed by atoms with Gasteiger partial charge in [0, 0.05) is 25.2 Å². The van der Waals surface area contributed by atoms with Gasteiger partial charge in [0.05, 0.1) is 5.56 Å². The van der Waals surface area contributed by atoms with Crippen LogP contribution in [0.15, 0.2) is 48.7 Å². The maximum Gasteiger partial charge on any atom is 0.354 e. The first-order valence-corrected chi connectivity index (χ1v) is 7.18. The number of pyridine rings is 1. The summed E-state index contributed by atoms with van der Waals surface area (Å²) in [6.07, 6.45) is 2.28. The second kappa shape index (κ2) is 5.97. The lowest BCUT2D eigenvalue weighted by Crippen LogP contribution is -2.28. The molecule has 1 saturated heterocycles. The molecule has 2 heterocycles. The molecule has 22 heavy (non-hydrogen) atoms. The summed E-state index contributed by atoms with van der Waals surface area (Å²) in [6, 6.07) is 13.1. The fourth-order valence-corrected chi connectivity index (χ4v) is 2.77. The van der Waals surface area contributed by atoms with Crippen molar-refractivity contribution in [3.63, 3.8) is 0 Å². The van der Waals surface area contributed by atoms with E-state index in [9.17, 15) is 9.59 Å². The highest BCUT2D eigenvalue weighted by Crippen LogP contribution is 2.27. The Bertz CT molecular complexity index is 683. The second-order valence-electron chi connectivity index (χ2n) is 5.38. The van der Waals surface area contributed by atoms with Gasteiger partial charge in [-0.2, -0.15) is 0 Å². The van der Waals surface area contributed by atoms with Gasteiger partial charge >= 0.3 is 5.97 Å². The van der Waals surface area contributed by atoms with Crippen LogP contribution in [0.4, 0.5) is 0 Å². The molecule has 5 heteroatoms. The molecule has 112 valence electrons. The van der Waals surface area contributed by atoms with Gasteiger partial charge < -0.3 is 10.0 Å². The summed E-state index contributed by atoms with van der Waals surface area (Å²) in [5, 5.41) is 8.83. The fourth-order valence-electron chi connectivity index (χ4n) is 2.77. The molecule has 0 radical (unpaired) electrons. The SMILES string of the molecule is O=C(O)c1ccc(C(=O)N2CC[C@H](c3ccccc3)C2)cn1. The molecule has 1 N–H and O–H groups in total. The first-order valence-electron chi connectivity index (χ1n) is 7.18. The standard InChI is InChI=1S/C17H16N2O3/c20-16(13-6-7-15(17(21)22)18-10-13)19-9-8-14(11-19)12-4-2-1-3-5-12/h1-7,10,14H,8-9,11H2,(H,21,22)/t14-/m0/s1. The number of benzene rings is 1. The van der Waals surface area contributed by atoms with Crippen molar-refractivity contribution in [1.82, 2.24) is 9.88 Å². The van der Waals surface area contributed by atoms with Gasteiger partial charge in [-0.05, 0) is 24.1 Å². The smallest absolute Gasteiger partial charge is 0.354 e. The van der Waals surface area contributed by atoms with E-state index in [2.05, 4.69) is 17.1 Å². The van der Waals surface area contributed by atoms with Gasteiger partial charge in [0.2, 0.25) is 0 Å². The van der Waals surface area contributed by atoms with E-state index in [4.69, 9.17) is 5.11 Å². The quantitative estimate of drug-likeness (QED) is 0.944. The summed E-state index contributed by atoms with van der Waals surface area (Å²) in [5.41, 5.74) is 1.62. The minimum Gasteiger partial charge on any atom is -0.477 e. The number of aromatic carboxylic acids is 1. The number of hydrogen-bond acceptors (Lipinski definition) is 3. The van der Waals surface area contributed by atoms with E-state index >= 15 is 0 Å². The number of nitrogens with zero attached hydrogens (tertiary/aromatic N) is 2. The van der Waals surface area contributed by atoms with E-state index in [1.807, 2.05) is 18.2 Å². The Kier molecular flexibility index (Phi) is 3.87. The van der Waals surface area contributed by atoms with Gasteiger partial charge in [-0.1, -0.05) is 30.3 Å². The predicted octanol–water partition coefficient (Wildman–Crippen LogP) is 2.41. The number of amides is 1. The van der Waals surface area contributed by atoms with Crippen molar-refractivity contribution in [2.24, 2.45) is 0 Å². The van der Waals surface area contributed by atoms with Gasteiger partial charge in [-0.3, -0.25) is 4.79 Å². The average Bonchev–Trinajstić information content (AvgIpc) is 3.05. The summed E-state index contributed by atoms with van der Waals surface area (Å²) in [5.74, 6) is -0.830. The summed E-state index contributed by atoms with van der Waals surface area (Å²) in [7, 11) is 0. The number of carbonyl (C=O) groups is 2. The summed E-state index contributed by atoms with van der Waals surface area (Å²) >= 11 is 0. The molecule has 1 aromatic carbocycles. The molecular formula is C17H16N2O3. The highest BCUT2D eigenvalue weighted by molar-refractivity contribution is 5.95. The number of rotatable bonds is 3. The van der Waals surface area contributed by atoms with Gasteiger partial charge in [0.25, 0.3) is 5.91 Å². The molecule has 1 aliphatic rings. The van der Waals surface area contributed by atoms with Crippen LogP contribution in [-0.2, 0) is 0 Å². The molecule has 0 spiro atoms. The number of hydrogen-bond donors (Lipinski definition) is 1. The molecule has 0 aliphatic carbocycles. The highest BCUT2D eigenvalue weighted by Gasteiger charge is 2.28. The van der Waals surface area contributed by atoms with Crippen LogP contribution in [0.2, 0.25) is 0 Å². The largest absolute Gasteiger partial charge is 0.477 e. The monoisotopic (exact) mass is 296 g/mol. The Hall–Kier alpha value is -2.69. The zero-order valence-corrected chi connectivity index (χ0v) is 12.0. The zero-order chi connectivity index (χ0) is 15.5. The Labute approximate surface area is 128 Å². The lowest BCUT2D eigenvalue weighted by atomic mass is 9.99. The molecule has 3 rings (SSSR count). The second-order valence-corrected chi connectivity index (χ2v) is 5.38. The molecule has 1 atom stereocenters. The summed E-state index contributed by atoms with van der Waals surface area (Å²) in [4.78, 5) is 28.8. The highest BCUT2D eigenvalue weighted by atomic mass is 16.4. The van der Waals surface area contributed by atoms with E-state index in [0.29, 0.717) is 24.6 Å². The number of carboxylic acids is 1. The zero-order valence-electron chi connectivity index (χ0n) is 12.0. The minimum absolute atomic E-state index is 0.0554. The molecule has 2 aromatic rings. The molecule has 0 saturated carbocycles. The summed E-state index contributed by atoms with van der Waals surface area (Å²) < 4.78 is 0. The molecular weight excluding hydrogens is 280 g/mol. The van der Waals surface area contributed by atoms with Crippen molar-refractivity contribution in [2.45, 2.75) is 12.3 Å². The fraction of sp³-hybridized carbons (Fsp3) is 0.235.